The van der Waals surface area contributed by atoms with Gasteiger partial charge in [0.1, 0.15) is 6.04 Å². The second-order valence-electron chi connectivity index (χ2n) is 4.98. The number of nitrogens with one attached hydrogen (secondary N) is 2. The van der Waals surface area contributed by atoms with E-state index in [9.17, 15) is 9.59 Å². The molecule has 2 N–H and O–H groups in total. The number of rotatable bonds is 4. The normalized spacial score (nSPS) is 11.6. The first-order valence-electron chi connectivity index (χ1n) is 6.91. The summed E-state index contributed by atoms with van der Waals surface area (Å²) < 4.78 is 0. The quantitative estimate of drug-likeness (QED) is 0.908. The molecule has 22 heavy (non-hydrogen) atoms. The minimum Gasteiger partial charge on any atom is -0.340 e. The van der Waals surface area contributed by atoms with Crippen LogP contribution in [-0.2, 0) is 4.79 Å². The zero-order valence-electron chi connectivity index (χ0n) is 12.4. The average molecular weight is 317 g/mol. The minimum absolute atomic E-state index is 0.283. The standard InChI is InChI=1S/C17H17ClN2O2/c1-11-7-3-6-10-15(11)20-16(21)12(2)19-17(22)13-8-4-5-9-14(13)18/h3-10,12H,1-2H3,(H,19,22)(H,20,21). The van der Waals surface area contributed by atoms with Crippen LogP contribution in [-0.4, -0.2) is 17.9 Å². The van der Waals surface area contributed by atoms with Gasteiger partial charge in [0, 0.05) is 5.69 Å². The number of amides is 2. The molecule has 0 aliphatic rings. The van der Waals surface area contributed by atoms with E-state index >= 15 is 0 Å². The molecule has 4 nitrogen and oxygen atoms in total. The Morgan fingerprint density at radius 1 is 1.05 bits per heavy atom. The molecule has 1 unspecified atom stereocenters. The lowest BCUT2D eigenvalue weighted by atomic mass is 10.1. The Balaban J connectivity index is 2.01. The third-order valence-electron chi connectivity index (χ3n) is 3.26. The Morgan fingerprint density at radius 3 is 2.36 bits per heavy atom. The summed E-state index contributed by atoms with van der Waals surface area (Å²) in [5.41, 5.74) is 2.03. The molecule has 0 aromatic heterocycles. The van der Waals surface area contributed by atoms with Gasteiger partial charge in [0.2, 0.25) is 5.91 Å². The van der Waals surface area contributed by atoms with Crippen LogP contribution in [0.4, 0.5) is 5.69 Å². The summed E-state index contributed by atoms with van der Waals surface area (Å²) in [6.45, 7) is 3.53. The van der Waals surface area contributed by atoms with Gasteiger partial charge in [-0.15, -0.1) is 0 Å². The van der Waals surface area contributed by atoms with E-state index in [1.807, 2.05) is 31.2 Å². The summed E-state index contributed by atoms with van der Waals surface area (Å²) >= 11 is 5.97. The van der Waals surface area contributed by atoms with Gasteiger partial charge in [-0.05, 0) is 37.6 Å². The molecule has 0 spiro atoms. The van der Waals surface area contributed by atoms with Gasteiger partial charge in [-0.3, -0.25) is 9.59 Å². The molecule has 5 heteroatoms. The van der Waals surface area contributed by atoms with E-state index in [1.54, 1.807) is 31.2 Å². The largest absolute Gasteiger partial charge is 0.340 e. The van der Waals surface area contributed by atoms with Gasteiger partial charge in [0.15, 0.2) is 0 Å². The maximum absolute atomic E-state index is 12.2. The first-order chi connectivity index (χ1) is 10.5. The molecular weight excluding hydrogens is 300 g/mol. The van der Waals surface area contributed by atoms with Crippen molar-refractivity contribution in [2.24, 2.45) is 0 Å². The number of hydrogen-bond acceptors (Lipinski definition) is 2. The third-order valence-corrected chi connectivity index (χ3v) is 3.59. The lowest BCUT2D eigenvalue weighted by Gasteiger charge is -2.15. The van der Waals surface area contributed by atoms with Crippen LogP contribution in [0.3, 0.4) is 0 Å². The van der Waals surface area contributed by atoms with Crippen LogP contribution < -0.4 is 10.6 Å². The predicted molar refractivity (Wildman–Crippen MR) is 88.2 cm³/mol. The monoisotopic (exact) mass is 316 g/mol. The van der Waals surface area contributed by atoms with Crippen LogP contribution in [0, 0.1) is 6.92 Å². The van der Waals surface area contributed by atoms with Crippen molar-refractivity contribution in [2.45, 2.75) is 19.9 Å². The highest BCUT2D eigenvalue weighted by Gasteiger charge is 2.18. The van der Waals surface area contributed by atoms with E-state index < -0.39 is 6.04 Å². The van der Waals surface area contributed by atoms with Crippen LogP contribution in [0.25, 0.3) is 0 Å². The van der Waals surface area contributed by atoms with Gasteiger partial charge in [-0.25, -0.2) is 0 Å². The summed E-state index contributed by atoms with van der Waals surface area (Å²) in [5, 5.41) is 5.79. The first kappa shape index (κ1) is 16.0. The molecule has 0 aliphatic carbocycles. The van der Waals surface area contributed by atoms with E-state index in [2.05, 4.69) is 10.6 Å². The van der Waals surface area contributed by atoms with Crippen molar-refractivity contribution in [3.8, 4) is 0 Å². The van der Waals surface area contributed by atoms with E-state index in [1.165, 1.54) is 0 Å². The van der Waals surface area contributed by atoms with E-state index in [0.29, 0.717) is 10.6 Å². The molecule has 2 amide bonds. The number of halogens is 1. The van der Waals surface area contributed by atoms with Gasteiger partial charge >= 0.3 is 0 Å². The summed E-state index contributed by atoms with van der Waals surface area (Å²) in [7, 11) is 0. The number of carbonyl (C=O) groups is 2. The number of benzene rings is 2. The van der Waals surface area contributed by atoms with Crippen LogP contribution in [0.2, 0.25) is 5.02 Å². The number of aryl methyl sites for hydroxylation is 1. The molecular formula is C17H17ClN2O2. The van der Waals surface area contributed by atoms with Crippen LogP contribution in [0.5, 0.6) is 0 Å². The highest BCUT2D eigenvalue weighted by atomic mass is 35.5. The van der Waals surface area contributed by atoms with Crippen molar-refractivity contribution >= 4 is 29.1 Å². The van der Waals surface area contributed by atoms with Crippen molar-refractivity contribution < 1.29 is 9.59 Å². The molecule has 114 valence electrons. The van der Waals surface area contributed by atoms with Crippen LogP contribution in [0.15, 0.2) is 48.5 Å². The van der Waals surface area contributed by atoms with Crippen LogP contribution >= 0.6 is 11.6 Å². The zero-order chi connectivity index (χ0) is 16.1. The molecule has 2 rings (SSSR count). The van der Waals surface area contributed by atoms with Crippen LogP contribution in [0.1, 0.15) is 22.8 Å². The fourth-order valence-corrected chi connectivity index (χ4v) is 2.16. The molecule has 0 saturated heterocycles. The SMILES string of the molecule is Cc1ccccc1NC(=O)C(C)NC(=O)c1ccccc1Cl. The molecule has 0 bridgehead atoms. The molecule has 0 aliphatic heterocycles. The van der Waals surface area contributed by atoms with Crippen molar-refractivity contribution in [2.75, 3.05) is 5.32 Å². The second-order valence-corrected chi connectivity index (χ2v) is 5.39. The number of anilines is 1. The Bertz CT molecular complexity index is 701. The predicted octanol–water partition coefficient (Wildman–Crippen LogP) is 3.41. The van der Waals surface area contributed by atoms with E-state index in [4.69, 9.17) is 11.6 Å². The average Bonchev–Trinajstić information content (AvgIpc) is 2.49. The van der Waals surface area contributed by atoms with E-state index in [0.717, 1.165) is 11.3 Å². The molecule has 2 aromatic carbocycles. The highest BCUT2D eigenvalue weighted by Crippen LogP contribution is 2.15. The fraction of sp³-hybridized carbons (Fsp3) is 0.176. The molecule has 0 radical (unpaired) electrons. The smallest absolute Gasteiger partial charge is 0.253 e. The van der Waals surface area contributed by atoms with Gasteiger partial charge in [0.05, 0.1) is 10.6 Å². The Labute approximate surface area is 134 Å². The third kappa shape index (κ3) is 3.86. The molecule has 1 atom stereocenters. The Kier molecular flexibility index (Phi) is 5.17. The lowest BCUT2D eigenvalue weighted by Crippen LogP contribution is -2.41. The molecule has 0 saturated carbocycles. The lowest BCUT2D eigenvalue weighted by molar-refractivity contribution is -0.117. The highest BCUT2D eigenvalue weighted by molar-refractivity contribution is 6.33. The van der Waals surface area contributed by atoms with E-state index in [-0.39, 0.29) is 11.8 Å². The molecule has 2 aromatic rings. The first-order valence-corrected chi connectivity index (χ1v) is 7.28. The van der Waals surface area contributed by atoms with Gasteiger partial charge in [-0.2, -0.15) is 0 Å². The van der Waals surface area contributed by atoms with Crippen molar-refractivity contribution in [3.05, 3.63) is 64.7 Å². The van der Waals surface area contributed by atoms with Crippen molar-refractivity contribution in [3.63, 3.8) is 0 Å². The van der Waals surface area contributed by atoms with Gasteiger partial charge in [-0.1, -0.05) is 41.9 Å². The maximum Gasteiger partial charge on any atom is 0.253 e. The second kappa shape index (κ2) is 7.09. The number of carbonyl (C=O) groups excluding carboxylic acids is 2. The summed E-state index contributed by atoms with van der Waals surface area (Å²) in [6.07, 6.45) is 0. The Hall–Kier alpha value is -2.33. The summed E-state index contributed by atoms with van der Waals surface area (Å²) in [6, 6.07) is 13.5. The zero-order valence-corrected chi connectivity index (χ0v) is 13.1. The number of hydrogen-bond donors (Lipinski definition) is 2. The number of para-hydroxylation sites is 1. The van der Waals surface area contributed by atoms with Crippen molar-refractivity contribution in [1.82, 2.24) is 5.32 Å². The van der Waals surface area contributed by atoms with Gasteiger partial charge in [0.25, 0.3) is 5.91 Å². The molecule has 0 heterocycles. The topological polar surface area (TPSA) is 58.2 Å². The summed E-state index contributed by atoms with van der Waals surface area (Å²) in [5.74, 6) is -0.660. The van der Waals surface area contributed by atoms with Crippen molar-refractivity contribution in [1.29, 1.82) is 0 Å². The minimum atomic E-state index is -0.677. The summed E-state index contributed by atoms with van der Waals surface area (Å²) in [4.78, 5) is 24.3. The fourth-order valence-electron chi connectivity index (χ4n) is 1.94. The van der Waals surface area contributed by atoms with Gasteiger partial charge < -0.3 is 10.6 Å². The Morgan fingerprint density at radius 2 is 1.68 bits per heavy atom. The maximum atomic E-state index is 12.2. The molecule has 0 fully saturated rings.